The summed E-state index contributed by atoms with van der Waals surface area (Å²) in [7, 11) is 0. The predicted octanol–water partition coefficient (Wildman–Crippen LogP) is 0.994. The van der Waals surface area contributed by atoms with Gasteiger partial charge in [-0.3, -0.25) is 4.79 Å². The van der Waals surface area contributed by atoms with Gasteiger partial charge in [0.05, 0.1) is 17.6 Å². The Morgan fingerprint density at radius 1 is 1.64 bits per heavy atom. The lowest BCUT2D eigenvalue weighted by Crippen LogP contribution is -2.38. The van der Waals surface area contributed by atoms with Gasteiger partial charge in [0.1, 0.15) is 0 Å². The number of carboxylic acids is 1. The summed E-state index contributed by atoms with van der Waals surface area (Å²) in [5.41, 5.74) is 4.65. The van der Waals surface area contributed by atoms with Crippen LogP contribution in [0.5, 0.6) is 0 Å². The van der Waals surface area contributed by atoms with Gasteiger partial charge in [-0.2, -0.15) is 0 Å². The van der Waals surface area contributed by atoms with Gasteiger partial charge in [0, 0.05) is 6.54 Å². The summed E-state index contributed by atoms with van der Waals surface area (Å²) in [6.45, 7) is 3.86. The third kappa shape index (κ3) is 2.45. The Morgan fingerprint density at radius 2 is 2.29 bits per heavy atom. The molecular weight excluding hydrogens is 182 g/mol. The number of carboxylic acid groups (broad SMARTS) is 1. The van der Waals surface area contributed by atoms with Gasteiger partial charge in [-0.15, -0.1) is 0 Å². The predicted molar refractivity (Wildman–Crippen MR) is 53.0 cm³/mol. The smallest absolute Gasteiger partial charge is 0.310 e. The van der Waals surface area contributed by atoms with Crippen molar-refractivity contribution in [1.82, 2.24) is 0 Å². The lowest BCUT2D eigenvalue weighted by molar-refractivity contribution is -0.149. The molecule has 14 heavy (non-hydrogen) atoms. The molecule has 0 aliphatic carbocycles. The van der Waals surface area contributed by atoms with Crippen molar-refractivity contribution in [2.24, 2.45) is 11.1 Å². The highest BCUT2D eigenvalue weighted by molar-refractivity contribution is 5.74. The summed E-state index contributed by atoms with van der Waals surface area (Å²) in [6.07, 6.45) is 2.81. The molecule has 1 aliphatic heterocycles. The van der Waals surface area contributed by atoms with Gasteiger partial charge in [-0.1, -0.05) is 0 Å². The second-order valence-electron chi connectivity index (χ2n) is 4.42. The summed E-state index contributed by atoms with van der Waals surface area (Å²) in [5, 5.41) is 9.02. The first-order valence-corrected chi connectivity index (χ1v) is 5.07. The van der Waals surface area contributed by atoms with Crippen molar-refractivity contribution in [3.63, 3.8) is 0 Å². The van der Waals surface area contributed by atoms with Crippen LogP contribution in [0.2, 0.25) is 0 Å². The van der Waals surface area contributed by atoms with Gasteiger partial charge < -0.3 is 15.6 Å². The van der Waals surface area contributed by atoms with E-state index < -0.39 is 11.4 Å². The molecule has 3 unspecified atom stereocenters. The van der Waals surface area contributed by atoms with Crippen molar-refractivity contribution >= 4 is 5.97 Å². The summed E-state index contributed by atoms with van der Waals surface area (Å²) < 4.78 is 5.59. The maximum atomic E-state index is 11.0. The molecule has 0 aromatic heterocycles. The first-order valence-electron chi connectivity index (χ1n) is 5.07. The summed E-state index contributed by atoms with van der Waals surface area (Å²) in [6, 6.07) is 0. The third-order valence-corrected chi connectivity index (χ3v) is 2.96. The highest BCUT2D eigenvalue weighted by Crippen LogP contribution is 2.30. The second kappa shape index (κ2) is 4.28. The van der Waals surface area contributed by atoms with Crippen molar-refractivity contribution in [1.29, 1.82) is 0 Å². The summed E-state index contributed by atoms with van der Waals surface area (Å²) in [5.74, 6) is -0.830. The highest BCUT2D eigenvalue weighted by atomic mass is 16.5. The Morgan fingerprint density at radius 3 is 2.64 bits per heavy atom. The van der Waals surface area contributed by atoms with Gasteiger partial charge in [0.2, 0.25) is 0 Å². The number of hydrogen-bond donors (Lipinski definition) is 2. The zero-order valence-electron chi connectivity index (χ0n) is 8.82. The molecule has 0 saturated carbocycles. The molecule has 1 saturated heterocycles. The molecule has 0 spiro atoms. The second-order valence-corrected chi connectivity index (χ2v) is 4.42. The van der Waals surface area contributed by atoms with Gasteiger partial charge in [0.25, 0.3) is 0 Å². The van der Waals surface area contributed by atoms with E-state index in [-0.39, 0.29) is 18.8 Å². The quantitative estimate of drug-likeness (QED) is 0.711. The molecule has 0 aromatic rings. The molecule has 4 nitrogen and oxygen atoms in total. The highest BCUT2D eigenvalue weighted by Gasteiger charge is 2.36. The van der Waals surface area contributed by atoms with Crippen LogP contribution in [0, 0.1) is 5.41 Å². The van der Waals surface area contributed by atoms with Crippen LogP contribution < -0.4 is 5.73 Å². The average Bonchev–Trinajstić information content (AvgIpc) is 2.50. The van der Waals surface area contributed by atoms with Gasteiger partial charge >= 0.3 is 5.97 Å². The minimum atomic E-state index is -0.839. The molecule has 3 atom stereocenters. The lowest BCUT2D eigenvalue weighted by Gasteiger charge is -2.25. The molecule has 1 aliphatic rings. The van der Waals surface area contributed by atoms with Crippen LogP contribution in [0.3, 0.4) is 0 Å². The van der Waals surface area contributed by atoms with Crippen molar-refractivity contribution < 1.29 is 14.6 Å². The van der Waals surface area contributed by atoms with E-state index >= 15 is 0 Å². The van der Waals surface area contributed by atoms with Crippen LogP contribution in [-0.4, -0.2) is 29.8 Å². The van der Waals surface area contributed by atoms with E-state index in [9.17, 15) is 4.79 Å². The average molecular weight is 201 g/mol. The van der Waals surface area contributed by atoms with E-state index in [2.05, 4.69) is 0 Å². The van der Waals surface area contributed by atoms with Crippen molar-refractivity contribution in [3.8, 4) is 0 Å². The fourth-order valence-electron chi connectivity index (χ4n) is 1.80. The van der Waals surface area contributed by atoms with Crippen LogP contribution in [-0.2, 0) is 9.53 Å². The standard InChI is InChI=1S/C10H19NO3/c1-7-3-4-8(14-7)5-10(2,6-11)9(12)13/h7-8H,3-6,11H2,1-2H3,(H,12,13). The number of rotatable bonds is 4. The van der Waals surface area contributed by atoms with Gasteiger partial charge in [-0.25, -0.2) is 0 Å². The number of ether oxygens (including phenoxy) is 1. The van der Waals surface area contributed by atoms with Crippen molar-refractivity contribution in [2.45, 2.75) is 45.3 Å². The maximum absolute atomic E-state index is 11.0. The van der Waals surface area contributed by atoms with E-state index in [1.165, 1.54) is 0 Å². The largest absolute Gasteiger partial charge is 0.481 e. The topological polar surface area (TPSA) is 72.6 Å². The molecule has 3 N–H and O–H groups in total. The van der Waals surface area contributed by atoms with Crippen LogP contribution in [0.25, 0.3) is 0 Å². The Labute approximate surface area is 84.4 Å². The third-order valence-electron chi connectivity index (χ3n) is 2.96. The fraction of sp³-hybridized carbons (Fsp3) is 0.900. The molecule has 0 aromatic carbocycles. The number of hydrogen-bond acceptors (Lipinski definition) is 3. The number of nitrogens with two attached hydrogens (primary N) is 1. The maximum Gasteiger partial charge on any atom is 0.310 e. The Kier molecular flexibility index (Phi) is 3.50. The van der Waals surface area contributed by atoms with Gasteiger partial charge in [-0.05, 0) is 33.1 Å². The number of aliphatic carboxylic acids is 1. The van der Waals surface area contributed by atoms with Crippen molar-refractivity contribution in [2.75, 3.05) is 6.54 Å². The van der Waals surface area contributed by atoms with Crippen molar-refractivity contribution in [3.05, 3.63) is 0 Å². The molecule has 4 heteroatoms. The Bertz CT molecular complexity index is 219. The summed E-state index contributed by atoms with van der Waals surface area (Å²) in [4.78, 5) is 11.0. The monoisotopic (exact) mass is 201 g/mol. The van der Waals surface area contributed by atoms with E-state index in [1.807, 2.05) is 6.92 Å². The normalized spacial score (nSPS) is 31.4. The molecule has 1 rings (SSSR count). The van der Waals surface area contributed by atoms with E-state index in [1.54, 1.807) is 6.92 Å². The lowest BCUT2D eigenvalue weighted by atomic mass is 9.84. The summed E-state index contributed by atoms with van der Waals surface area (Å²) >= 11 is 0. The molecule has 1 heterocycles. The Balaban J connectivity index is 2.52. The molecule has 82 valence electrons. The first kappa shape index (κ1) is 11.5. The number of carbonyl (C=O) groups is 1. The molecule has 0 amide bonds. The zero-order valence-corrected chi connectivity index (χ0v) is 8.82. The molecule has 1 fully saturated rings. The van der Waals surface area contributed by atoms with E-state index in [4.69, 9.17) is 15.6 Å². The first-order chi connectivity index (χ1) is 6.48. The van der Waals surface area contributed by atoms with Crippen LogP contribution >= 0.6 is 0 Å². The van der Waals surface area contributed by atoms with Crippen LogP contribution in [0.15, 0.2) is 0 Å². The van der Waals surface area contributed by atoms with E-state index in [0.717, 1.165) is 12.8 Å². The van der Waals surface area contributed by atoms with E-state index in [0.29, 0.717) is 6.42 Å². The molecule has 0 bridgehead atoms. The fourth-order valence-corrected chi connectivity index (χ4v) is 1.80. The van der Waals surface area contributed by atoms with Crippen LogP contribution in [0.4, 0.5) is 0 Å². The minimum Gasteiger partial charge on any atom is -0.481 e. The molecule has 0 radical (unpaired) electrons. The van der Waals surface area contributed by atoms with Crippen LogP contribution in [0.1, 0.15) is 33.1 Å². The molecular formula is C10H19NO3. The van der Waals surface area contributed by atoms with Gasteiger partial charge in [0.15, 0.2) is 0 Å². The SMILES string of the molecule is CC1CCC(CC(C)(CN)C(=O)O)O1. The Hall–Kier alpha value is -0.610. The minimum absolute atomic E-state index is 0.0645. The zero-order chi connectivity index (χ0) is 10.8.